The van der Waals surface area contributed by atoms with E-state index in [9.17, 15) is 9.18 Å². The molecular weight excluding hydrogens is 307 g/mol. The predicted molar refractivity (Wildman–Crippen MR) is 88.0 cm³/mol. The van der Waals surface area contributed by atoms with Crippen LogP contribution in [0.15, 0.2) is 36.4 Å². The minimum atomic E-state index is -0.267. The molecule has 1 amide bonds. The molecule has 122 valence electrons. The summed E-state index contributed by atoms with van der Waals surface area (Å²) in [6.07, 6.45) is 1.81. The number of nitrogens with one attached hydrogen (secondary N) is 1. The van der Waals surface area contributed by atoms with Crippen LogP contribution in [0.4, 0.5) is 4.39 Å². The molecule has 1 atom stereocenters. The van der Waals surface area contributed by atoms with Gasteiger partial charge in [-0.05, 0) is 49.6 Å². The van der Waals surface area contributed by atoms with Gasteiger partial charge in [-0.2, -0.15) is 5.10 Å². The number of pyridine rings is 1. The van der Waals surface area contributed by atoms with Crippen molar-refractivity contribution < 1.29 is 9.18 Å². The van der Waals surface area contributed by atoms with E-state index in [1.807, 2.05) is 17.9 Å². The van der Waals surface area contributed by atoms with Crippen LogP contribution < -0.4 is 0 Å². The molecule has 0 bridgehead atoms. The molecule has 24 heavy (non-hydrogen) atoms. The highest BCUT2D eigenvalue weighted by molar-refractivity contribution is 5.95. The summed E-state index contributed by atoms with van der Waals surface area (Å²) in [6, 6.07) is 9.88. The minimum Gasteiger partial charge on any atom is -0.330 e. The highest BCUT2D eigenvalue weighted by Gasteiger charge is 2.31. The van der Waals surface area contributed by atoms with Gasteiger partial charge in [-0.15, -0.1) is 0 Å². The zero-order valence-electron chi connectivity index (χ0n) is 13.3. The molecule has 0 spiro atoms. The number of aryl methyl sites for hydroxylation is 1. The first-order chi connectivity index (χ1) is 11.6. The Morgan fingerprint density at radius 2 is 2.04 bits per heavy atom. The van der Waals surface area contributed by atoms with Crippen LogP contribution >= 0.6 is 0 Å². The molecule has 1 aromatic carbocycles. The molecule has 3 aromatic rings. The van der Waals surface area contributed by atoms with Crippen molar-refractivity contribution >= 4 is 16.9 Å². The van der Waals surface area contributed by atoms with E-state index in [1.54, 1.807) is 18.2 Å². The minimum absolute atomic E-state index is 0.0268. The van der Waals surface area contributed by atoms with Crippen LogP contribution in [0, 0.1) is 12.7 Å². The Balaban J connectivity index is 1.66. The fourth-order valence-electron chi connectivity index (χ4n) is 3.32. The Bertz CT molecular complexity index is 903. The van der Waals surface area contributed by atoms with E-state index in [-0.39, 0.29) is 17.8 Å². The van der Waals surface area contributed by atoms with Gasteiger partial charge in [-0.1, -0.05) is 12.1 Å². The highest BCUT2D eigenvalue weighted by Crippen LogP contribution is 2.33. The van der Waals surface area contributed by atoms with Crippen molar-refractivity contribution in [1.82, 2.24) is 20.1 Å². The lowest BCUT2D eigenvalue weighted by Crippen LogP contribution is -2.31. The molecule has 1 unspecified atom stereocenters. The average molecular weight is 324 g/mol. The van der Waals surface area contributed by atoms with Crippen LogP contribution in [0.5, 0.6) is 0 Å². The number of carbonyl (C=O) groups is 1. The van der Waals surface area contributed by atoms with Gasteiger partial charge in [0.25, 0.3) is 5.91 Å². The zero-order chi connectivity index (χ0) is 16.7. The van der Waals surface area contributed by atoms with Crippen molar-refractivity contribution in [2.45, 2.75) is 25.8 Å². The molecule has 0 saturated carbocycles. The van der Waals surface area contributed by atoms with Crippen molar-refractivity contribution in [3.8, 4) is 0 Å². The van der Waals surface area contributed by atoms with Crippen molar-refractivity contribution in [3.05, 3.63) is 59.2 Å². The van der Waals surface area contributed by atoms with Gasteiger partial charge in [-0.3, -0.25) is 9.89 Å². The maximum Gasteiger partial charge on any atom is 0.272 e. The fraction of sp³-hybridized carbons (Fsp3) is 0.278. The van der Waals surface area contributed by atoms with Gasteiger partial charge in [-0.25, -0.2) is 9.37 Å². The second-order valence-corrected chi connectivity index (χ2v) is 6.12. The lowest BCUT2D eigenvalue weighted by molar-refractivity contribution is 0.0730. The molecule has 1 N–H and O–H groups in total. The summed E-state index contributed by atoms with van der Waals surface area (Å²) in [5.41, 5.74) is 3.69. The summed E-state index contributed by atoms with van der Waals surface area (Å²) in [5.74, 6) is -0.360. The zero-order valence-corrected chi connectivity index (χ0v) is 13.3. The third-order valence-corrected chi connectivity index (χ3v) is 4.56. The quantitative estimate of drug-likeness (QED) is 0.786. The standard InChI is InChI=1S/C18H17FN4O/c1-11-17-14(22-21-11)8-9-15(20-17)18(24)23-10-2-3-16(23)12-4-6-13(19)7-5-12/h4-9,16H,2-3,10H2,1H3,(H,21,22). The first-order valence-corrected chi connectivity index (χ1v) is 8.01. The van der Waals surface area contributed by atoms with Crippen LogP contribution in [-0.2, 0) is 0 Å². The Hall–Kier alpha value is -2.76. The second kappa shape index (κ2) is 5.70. The number of fused-ring (bicyclic) bond motifs is 1. The van der Waals surface area contributed by atoms with Gasteiger partial charge in [0.15, 0.2) is 0 Å². The molecule has 1 aliphatic heterocycles. The molecule has 0 aliphatic carbocycles. The van der Waals surface area contributed by atoms with Gasteiger partial charge < -0.3 is 4.90 Å². The van der Waals surface area contributed by atoms with Gasteiger partial charge in [0.2, 0.25) is 0 Å². The molecule has 1 fully saturated rings. The van der Waals surface area contributed by atoms with Crippen LogP contribution in [0.1, 0.15) is 40.6 Å². The molecule has 5 nitrogen and oxygen atoms in total. The lowest BCUT2D eigenvalue weighted by Gasteiger charge is -2.24. The second-order valence-electron chi connectivity index (χ2n) is 6.12. The van der Waals surface area contributed by atoms with E-state index in [1.165, 1.54) is 12.1 Å². The summed E-state index contributed by atoms with van der Waals surface area (Å²) >= 11 is 0. The smallest absolute Gasteiger partial charge is 0.272 e. The van der Waals surface area contributed by atoms with E-state index in [4.69, 9.17) is 0 Å². The Kier molecular flexibility index (Phi) is 3.52. The largest absolute Gasteiger partial charge is 0.330 e. The first-order valence-electron chi connectivity index (χ1n) is 8.01. The molecule has 1 aliphatic rings. The lowest BCUT2D eigenvalue weighted by atomic mass is 10.0. The van der Waals surface area contributed by atoms with Gasteiger partial charge in [0.05, 0.1) is 11.7 Å². The number of halogens is 1. The molecule has 0 radical (unpaired) electrons. The number of benzene rings is 1. The van der Waals surface area contributed by atoms with Gasteiger partial charge >= 0.3 is 0 Å². The number of amides is 1. The number of H-pyrrole nitrogens is 1. The number of likely N-dealkylation sites (tertiary alicyclic amines) is 1. The number of rotatable bonds is 2. The van der Waals surface area contributed by atoms with E-state index in [2.05, 4.69) is 15.2 Å². The Morgan fingerprint density at radius 3 is 2.83 bits per heavy atom. The van der Waals surface area contributed by atoms with Crippen LogP contribution in [0.25, 0.3) is 11.0 Å². The number of hydrogen-bond acceptors (Lipinski definition) is 3. The number of aromatic amines is 1. The number of hydrogen-bond donors (Lipinski definition) is 1. The van der Waals surface area contributed by atoms with E-state index < -0.39 is 0 Å². The summed E-state index contributed by atoms with van der Waals surface area (Å²) in [5, 5.41) is 7.02. The van der Waals surface area contributed by atoms with E-state index in [0.717, 1.165) is 35.1 Å². The summed E-state index contributed by atoms with van der Waals surface area (Å²) in [4.78, 5) is 19.2. The van der Waals surface area contributed by atoms with Crippen molar-refractivity contribution in [2.24, 2.45) is 0 Å². The summed E-state index contributed by atoms with van der Waals surface area (Å²) < 4.78 is 13.2. The third-order valence-electron chi connectivity index (χ3n) is 4.56. The van der Waals surface area contributed by atoms with E-state index in [0.29, 0.717) is 12.2 Å². The Morgan fingerprint density at radius 1 is 1.25 bits per heavy atom. The van der Waals surface area contributed by atoms with Crippen LogP contribution in [0.2, 0.25) is 0 Å². The van der Waals surface area contributed by atoms with Gasteiger partial charge in [0.1, 0.15) is 22.5 Å². The van der Waals surface area contributed by atoms with Crippen molar-refractivity contribution in [2.75, 3.05) is 6.54 Å². The summed E-state index contributed by atoms with van der Waals surface area (Å²) in [6.45, 7) is 2.57. The maximum atomic E-state index is 13.2. The Labute approximate surface area is 138 Å². The molecular formula is C18H17FN4O. The highest BCUT2D eigenvalue weighted by atomic mass is 19.1. The number of nitrogens with zero attached hydrogens (tertiary/aromatic N) is 3. The van der Waals surface area contributed by atoms with Crippen molar-refractivity contribution in [1.29, 1.82) is 0 Å². The predicted octanol–water partition coefficient (Wildman–Crippen LogP) is 3.38. The normalized spacial score (nSPS) is 17.6. The molecule has 6 heteroatoms. The van der Waals surface area contributed by atoms with Crippen LogP contribution in [-0.4, -0.2) is 32.5 Å². The molecule has 3 heterocycles. The number of aromatic nitrogens is 3. The van der Waals surface area contributed by atoms with Crippen LogP contribution in [0.3, 0.4) is 0 Å². The monoisotopic (exact) mass is 324 g/mol. The summed E-state index contributed by atoms with van der Waals surface area (Å²) in [7, 11) is 0. The van der Waals surface area contributed by atoms with Gasteiger partial charge in [0, 0.05) is 6.54 Å². The average Bonchev–Trinajstić information content (AvgIpc) is 3.22. The molecule has 2 aromatic heterocycles. The van der Waals surface area contributed by atoms with E-state index >= 15 is 0 Å². The number of carbonyl (C=O) groups excluding carboxylic acids is 1. The topological polar surface area (TPSA) is 61.9 Å². The molecule has 4 rings (SSSR count). The third kappa shape index (κ3) is 2.44. The molecule has 1 saturated heterocycles. The maximum absolute atomic E-state index is 13.2. The first kappa shape index (κ1) is 14.8. The fourth-order valence-corrected chi connectivity index (χ4v) is 3.32. The SMILES string of the molecule is Cc1[nH]nc2ccc(C(=O)N3CCCC3c3ccc(F)cc3)nc12. The van der Waals surface area contributed by atoms with Crippen molar-refractivity contribution in [3.63, 3.8) is 0 Å².